The molecule has 1 heterocycles. The van der Waals surface area contributed by atoms with Gasteiger partial charge in [-0.3, -0.25) is 4.68 Å². The standard InChI is InChI=1S/C15H18Cl2N2O/c1-3-10(2)19-7-6-12(18-19)9-15(20)13-5-4-11(16)8-14(13)17/h4-8,10,15,20H,3,9H2,1-2H3. The number of halogens is 2. The molecule has 1 aromatic carbocycles. The van der Waals surface area contributed by atoms with Crippen LogP contribution >= 0.6 is 23.2 Å². The fourth-order valence-electron chi connectivity index (χ4n) is 2.00. The maximum atomic E-state index is 10.3. The van der Waals surface area contributed by atoms with Crippen LogP contribution in [0.25, 0.3) is 0 Å². The molecule has 5 heteroatoms. The second-order valence-corrected chi connectivity index (χ2v) is 5.77. The summed E-state index contributed by atoms with van der Waals surface area (Å²) in [6.07, 6.45) is 2.72. The molecule has 20 heavy (non-hydrogen) atoms. The van der Waals surface area contributed by atoms with Crippen molar-refractivity contribution in [1.82, 2.24) is 9.78 Å². The van der Waals surface area contributed by atoms with Crippen molar-refractivity contribution in [3.05, 3.63) is 51.8 Å². The fourth-order valence-corrected chi connectivity index (χ4v) is 2.53. The van der Waals surface area contributed by atoms with E-state index in [0.717, 1.165) is 12.1 Å². The van der Waals surface area contributed by atoms with Crippen LogP contribution in [-0.4, -0.2) is 14.9 Å². The predicted octanol–water partition coefficient (Wildman–Crippen LogP) is 4.44. The number of aliphatic hydroxyl groups excluding tert-OH is 1. The van der Waals surface area contributed by atoms with E-state index in [0.29, 0.717) is 28.1 Å². The van der Waals surface area contributed by atoms with Gasteiger partial charge in [0.25, 0.3) is 0 Å². The van der Waals surface area contributed by atoms with Crippen molar-refractivity contribution in [3.8, 4) is 0 Å². The zero-order valence-electron chi connectivity index (χ0n) is 11.6. The van der Waals surface area contributed by atoms with Gasteiger partial charge in [0.1, 0.15) is 0 Å². The Morgan fingerprint density at radius 3 is 2.70 bits per heavy atom. The van der Waals surface area contributed by atoms with Crippen molar-refractivity contribution in [3.63, 3.8) is 0 Å². The van der Waals surface area contributed by atoms with Gasteiger partial charge in [0.15, 0.2) is 0 Å². The summed E-state index contributed by atoms with van der Waals surface area (Å²) in [5.41, 5.74) is 1.53. The number of hydrogen-bond donors (Lipinski definition) is 1. The fraction of sp³-hybridized carbons (Fsp3) is 0.400. The highest BCUT2D eigenvalue weighted by Gasteiger charge is 2.15. The van der Waals surface area contributed by atoms with Gasteiger partial charge in [0, 0.05) is 28.7 Å². The Balaban J connectivity index is 2.11. The van der Waals surface area contributed by atoms with Gasteiger partial charge in [-0.25, -0.2) is 0 Å². The summed E-state index contributed by atoms with van der Waals surface area (Å²) in [6.45, 7) is 4.23. The molecule has 0 bridgehead atoms. The topological polar surface area (TPSA) is 38.0 Å². The zero-order valence-corrected chi connectivity index (χ0v) is 13.1. The van der Waals surface area contributed by atoms with Crippen molar-refractivity contribution < 1.29 is 5.11 Å². The third-order valence-corrected chi connectivity index (χ3v) is 3.99. The molecule has 0 aliphatic heterocycles. The smallest absolute Gasteiger partial charge is 0.0860 e. The van der Waals surface area contributed by atoms with Crippen LogP contribution in [-0.2, 0) is 6.42 Å². The van der Waals surface area contributed by atoms with E-state index in [2.05, 4.69) is 18.9 Å². The van der Waals surface area contributed by atoms with Crippen LogP contribution in [0, 0.1) is 0 Å². The van der Waals surface area contributed by atoms with E-state index in [1.54, 1.807) is 18.2 Å². The predicted molar refractivity (Wildman–Crippen MR) is 82.4 cm³/mol. The zero-order chi connectivity index (χ0) is 14.7. The van der Waals surface area contributed by atoms with E-state index in [1.807, 2.05) is 16.9 Å². The Labute approximate surface area is 129 Å². The third-order valence-electron chi connectivity index (χ3n) is 3.43. The Hall–Kier alpha value is -1.03. The molecule has 0 spiro atoms. The Kier molecular flexibility index (Phi) is 5.08. The molecule has 1 aromatic heterocycles. The summed E-state index contributed by atoms with van der Waals surface area (Å²) in [7, 11) is 0. The average Bonchev–Trinajstić information content (AvgIpc) is 2.86. The van der Waals surface area contributed by atoms with Crippen molar-refractivity contribution in [2.75, 3.05) is 0 Å². The normalized spacial score (nSPS) is 14.2. The van der Waals surface area contributed by atoms with E-state index in [4.69, 9.17) is 23.2 Å². The lowest BCUT2D eigenvalue weighted by Gasteiger charge is -2.12. The maximum absolute atomic E-state index is 10.3. The number of nitrogens with zero attached hydrogens (tertiary/aromatic N) is 2. The molecule has 0 fully saturated rings. The van der Waals surface area contributed by atoms with Gasteiger partial charge in [-0.05, 0) is 37.1 Å². The highest BCUT2D eigenvalue weighted by Crippen LogP contribution is 2.28. The highest BCUT2D eigenvalue weighted by molar-refractivity contribution is 6.35. The first-order valence-corrected chi connectivity index (χ1v) is 7.44. The molecule has 2 atom stereocenters. The lowest BCUT2D eigenvalue weighted by molar-refractivity contribution is 0.177. The molecule has 3 nitrogen and oxygen atoms in total. The minimum Gasteiger partial charge on any atom is -0.388 e. The molecule has 0 amide bonds. The largest absolute Gasteiger partial charge is 0.388 e. The first kappa shape index (κ1) is 15.4. The summed E-state index contributed by atoms with van der Waals surface area (Å²) in [5, 5.41) is 15.8. The van der Waals surface area contributed by atoms with E-state index in [9.17, 15) is 5.11 Å². The molecule has 0 aliphatic carbocycles. The summed E-state index contributed by atoms with van der Waals surface area (Å²) in [4.78, 5) is 0. The number of hydrogen-bond acceptors (Lipinski definition) is 2. The highest BCUT2D eigenvalue weighted by atomic mass is 35.5. The molecule has 2 unspecified atom stereocenters. The monoisotopic (exact) mass is 312 g/mol. The van der Waals surface area contributed by atoms with Crippen LogP contribution in [0.1, 0.15) is 43.7 Å². The number of aliphatic hydroxyl groups is 1. The van der Waals surface area contributed by atoms with Crippen LogP contribution in [0.15, 0.2) is 30.5 Å². The molecule has 2 aromatic rings. The van der Waals surface area contributed by atoms with E-state index in [-0.39, 0.29) is 0 Å². The van der Waals surface area contributed by atoms with Gasteiger partial charge in [-0.15, -0.1) is 0 Å². The molecule has 0 radical (unpaired) electrons. The summed E-state index contributed by atoms with van der Waals surface area (Å²) in [6, 6.07) is 7.41. The van der Waals surface area contributed by atoms with Crippen LogP contribution in [0.4, 0.5) is 0 Å². The molecule has 108 valence electrons. The maximum Gasteiger partial charge on any atom is 0.0860 e. The molecule has 0 aliphatic rings. The first-order chi connectivity index (χ1) is 9.51. The molecule has 0 saturated heterocycles. The molecule has 2 rings (SSSR count). The van der Waals surface area contributed by atoms with Crippen molar-refractivity contribution >= 4 is 23.2 Å². The molecular formula is C15H18Cl2N2O. The summed E-state index contributed by atoms with van der Waals surface area (Å²) < 4.78 is 1.92. The lowest BCUT2D eigenvalue weighted by Crippen LogP contribution is -2.07. The van der Waals surface area contributed by atoms with Crippen molar-refractivity contribution in [2.45, 2.75) is 38.8 Å². The minimum atomic E-state index is -0.681. The van der Waals surface area contributed by atoms with Gasteiger partial charge in [0.2, 0.25) is 0 Å². The SMILES string of the molecule is CCC(C)n1ccc(CC(O)c2ccc(Cl)cc2Cl)n1. The van der Waals surface area contributed by atoms with Crippen LogP contribution < -0.4 is 0 Å². The average molecular weight is 313 g/mol. The quantitative estimate of drug-likeness (QED) is 0.886. The van der Waals surface area contributed by atoms with Gasteiger partial charge in [-0.1, -0.05) is 36.2 Å². The number of rotatable bonds is 5. The molecular weight excluding hydrogens is 295 g/mol. The van der Waals surface area contributed by atoms with E-state index >= 15 is 0 Å². The number of benzene rings is 1. The van der Waals surface area contributed by atoms with Gasteiger partial charge in [0.05, 0.1) is 11.8 Å². The Morgan fingerprint density at radius 2 is 2.05 bits per heavy atom. The van der Waals surface area contributed by atoms with Crippen LogP contribution in [0.5, 0.6) is 0 Å². The third kappa shape index (κ3) is 3.54. The van der Waals surface area contributed by atoms with Crippen molar-refractivity contribution in [1.29, 1.82) is 0 Å². The summed E-state index contributed by atoms with van der Waals surface area (Å²) >= 11 is 12.0. The summed E-state index contributed by atoms with van der Waals surface area (Å²) in [5.74, 6) is 0. The van der Waals surface area contributed by atoms with E-state index in [1.165, 1.54) is 0 Å². The Bertz CT molecular complexity index is 583. The lowest BCUT2D eigenvalue weighted by atomic mass is 10.1. The minimum absolute atomic E-state index is 0.361. The number of aromatic nitrogens is 2. The molecule has 1 N–H and O–H groups in total. The van der Waals surface area contributed by atoms with Gasteiger partial charge in [-0.2, -0.15) is 5.10 Å². The second kappa shape index (κ2) is 6.61. The van der Waals surface area contributed by atoms with Crippen LogP contribution in [0.2, 0.25) is 10.0 Å². The first-order valence-electron chi connectivity index (χ1n) is 6.68. The van der Waals surface area contributed by atoms with Crippen LogP contribution in [0.3, 0.4) is 0 Å². The van der Waals surface area contributed by atoms with Crippen molar-refractivity contribution in [2.24, 2.45) is 0 Å². The Morgan fingerprint density at radius 1 is 1.30 bits per heavy atom. The van der Waals surface area contributed by atoms with E-state index < -0.39 is 6.10 Å². The molecule has 0 saturated carbocycles. The van der Waals surface area contributed by atoms with Gasteiger partial charge >= 0.3 is 0 Å². The van der Waals surface area contributed by atoms with Gasteiger partial charge < -0.3 is 5.11 Å². The second-order valence-electron chi connectivity index (χ2n) is 4.93.